The van der Waals surface area contributed by atoms with Crippen molar-refractivity contribution in [3.63, 3.8) is 0 Å². The van der Waals surface area contributed by atoms with E-state index < -0.39 is 21.7 Å². The van der Waals surface area contributed by atoms with Crippen molar-refractivity contribution in [1.82, 2.24) is 4.72 Å². The van der Waals surface area contributed by atoms with E-state index in [4.69, 9.17) is 4.74 Å². The molecule has 2 N–H and O–H groups in total. The minimum atomic E-state index is -3.88. The molecule has 2 aromatic rings. The Balaban J connectivity index is 1.76. The van der Waals surface area contributed by atoms with E-state index in [0.29, 0.717) is 12.3 Å². The number of anilines is 1. The van der Waals surface area contributed by atoms with Crippen molar-refractivity contribution in [2.45, 2.75) is 30.8 Å². The van der Waals surface area contributed by atoms with Crippen LogP contribution in [0, 0.1) is 12.7 Å². The molecule has 1 atom stereocenters. The van der Waals surface area contributed by atoms with Gasteiger partial charge >= 0.3 is 0 Å². The topological polar surface area (TPSA) is 84.5 Å². The second-order valence-corrected chi connectivity index (χ2v) is 8.22. The molecule has 1 heterocycles. The number of benzene rings is 2. The van der Waals surface area contributed by atoms with Gasteiger partial charge in [0.2, 0.25) is 10.0 Å². The predicted molar refractivity (Wildman–Crippen MR) is 99.7 cm³/mol. The van der Waals surface area contributed by atoms with Crippen molar-refractivity contribution in [2.24, 2.45) is 0 Å². The summed E-state index contributed by atoms with van der Waals surface area (Å²) in [6.07, 6.45) is 1.52. The average molecular weight is 392 g/mol. The fraction of sp³-hybridized carbons (Fsp3) is 0.316. The van der Waals surface area contributed by atoms with Crippen molar-refractivity contribution < 1.29 is 22.3 Å². The monoisotopic (exact) mass is 392 g/mol. The van der Waals surface area contributed by atoms with E-state index in [9.17, 15) is 17.6 Å². The Morgan fingerprint density at radius 1 is 1.22 bits per heavy atom. The molecule has 1 fully saturated rings. The van der Waals surface area contributed by atoms with E-state index in [1.807, 2.05) is 19.1 Å². The third-order valence-electron chi connectivity index (χ3n) is 4.33. The van der Waals surface area contributed by atoms with E-state index in [1.54, 1.807) is 12.1 Å². The van der Waals surface area contributed by atoms with Crippen LogP contribution in [0.25, 0.3) is 0 Å². The lowest BCUT2D eigenvalue weighted by molar-refractivity contribution is 0.102. The summed E-state index contributed by atoms with van der Waals surface area (Å²) in [6.45, 7) is 2.67. The molecule has 0 spiro atoms. The molecule has 0 unspecified atom stereocenters. The second-order valence-electron chi connectivity index (χ2n) is 6.45. The average Bonchev–Trinajstić information content (AvgIpc) is 3.16. The first-order valence-corrected chi connectivity index (χ1v) is 10.1. The van der Waals surface area contributed by atoms with E-state index in [1.165, 1.54) is 0 Å². The quantitative estimate of drug-likeness (QED) is 0.792. The summed E-state index contributed by atoms with van der Waals surface area (Å²) in [7, 11) is -3.88. The number of carbonyl (C=O) groups is 1. The molecule has 1 saturated heterocycles. The summed E-state index contributed by atoms with van der Waals surface area (Å²) in [5, 5.41) is 2.57. The first-order chi connectivity index (χ1) is 12.8. The van der Waals surface area contributed by atoms with Crippen LogP contribution in [0.15, 0.2) is 47.4 Å². The van der Waals surface area contributed by atoms with Crippen LogP contribution in [0.4, 0.5) is 10.1 Å². The van der Waals surface area contributed by atoms with Gasteiger partial charge in [-0.1, -0.05) is 17.7 Å². The van der Waals surface area contributed by atoms with Crippen molar-refractivity contribution in [2.75, 3.05) is 18.5 Å². The van der Waals surface area contributed by atoms with Gasteiger partial charge in [0.25, 0.3) is 5.91 Å². The van der Waals surface area contributed by atoms with Crippen LogP contribution in [0.2, 0.25) is 0 Å². The van der Waals surface area contributed by atoms with Crippen LogP contribution < -0.4 is 10.0 Å². The summed E-state index contributed by atoms with van der Waals surface area (Å²) in [5.41, 5.74) is 1.18. The normalized spacial score (nSPS) is 17.0. The zero-order valence-electron chi connectivity index (χ0n) is 14.9. The number of aryl methyl sites for hydroxylation is 1. The smallest absolute Gasteiger partial charge is 0.258 e. The predicted octanol–water partition coefficient (Wildman–Crippen LogP) is 2.84. The number of amides is 1. The number of hydrogen-bond acceptors (Lipinski definition) is 4. The third kappa shape index (κ3) is 4.91. The summed E-state index contributed by atoms with van der Waals surface area (Å²) >= 11 is 0. The molecule has 1 aliphatic heterocycles. The van der Waals surface area contributed by atoms with Gasteiger partial charge in [-0.05, 0) is 50.1 Å². The van der Waals surface area contributed by atoms with Crippen LogP contribution in [0.1, 0.15) is 28.8 Å². The molecule has 0 aromatic heterocycles. The van der Waals surface area contributed by atoms with E-state index >= 15 is 0 Å². The van der Waals surface area contributed by atoms with Gasteiger partial charge in [0.1, 0.15) is 5.82 Å². The Labute approximate surface area is 157 Å². The highest BCUT2D eigenvalue weighted by atomic mass is 32.2. The van der Waals surface area contributed by atoms with Gasteiger partial charge in [-0.25, -0.2) is 17.5 Å². The van der Waals surface area contributed by atoms with Crippen LogP contribution in [-0.2, 0) is 14.8 Å². The molecular formula is C19H21FN2O4S. The number of sulfonamides is 1. The van der Waals surface area contributed by atoms with Gasteiger partial charge in [-0.15, -0.1) is 0 Å². The van der Waals surface area contributed by atoms with E-state index in [2.05, 4.69) is 10.0 Å². The maximum Gasteiger partial charge on any atom is 0.258 e. The summed E-state index contributed by atoms with van der Waals surface area (Å²) in [5.74, 6) is -1.51. The standard InChI is InChI=1S/C19H21FN2O4S/c1-13-4-6-14(7-5-13)22-19(23)17-11-16(8-9-18(17)20)27(24,25)21-12-15-3-2-10-26-15/h4-9,11,15,21H,2-3,10,12H2,1H3,(H,22,23)/t15-/m0/s1. The molecule has 27 heavy (non-hydrogen) atoms. The highest BCUT2D eigenvalue weighted by molar-refractivity contribution is 7.89. The van der Waals surface area contributed by atoms with Gasteiger partial charge in [-0.3, -0.25) is 4.79 Å². The van der Waals surface area contributed by atoms with Crippen molar-refractivity contribution >= 4 is 21.6 Å². The summed E-state index contributed by atoms with van der Waals surface area (Å²) < 4.78 is 46.9. The minimum absolute atomic E-state index is 0.143. The first-order valence-electron chi connectivity index (χ1n) is 8.64. The molecule has 0 aliphatic carbocycles. The molecule has 1 aliphatic rings. The molecule has 0 bridgehead atoms. The Hall–Kier alpha value is -2.29. The Bertz CT molecular complexity index is 923. The number of halogens is 1. The highest BCUT2D eigenvalue weighted by Crippen LogP contribution is 2.18. The molecule has 8 heteroatoms. The van der Waals surface area contributed by atoms with Gasteiger partial charge in [0, 0.05) is 18.8 Å². The SMILES string of the molecule is Cc1ccc(NC(=O)c2cc(S(=O)(=O)NC[C@@H]3CCCO3)ccc2F)cc1. The molecule has 0 saturated carbocycles. The lowest BCUT2D eigenvalue weighted by Gasteiger charge is -2.12. The number of nitrogens with one attached hydrogen (secondary N) is 2. The molecule has 144 valence electrons. The molecule has 2 aromatic carbocycles. The third-order valence-corrected chi connectivity index (χ3v) is 5.75. The van der Waals surface area contributed by atoms with Crippen LogP contribution >= 0.6 is 0 Å². The lowest BCUT2D eigenvalue weighted by atomic mass is 10.2. The maximum absolute atomic E-state index is 14.1. The lowest BCUT2D eigenvalue weighted by Crippen LogP contribution is -2.32. The summed E-state index contributed by atoms with van der Waals surface area (Å²) in [6, 6.07) is 10.1. The number of carbonyl (C=O) groups excluding carboxylic acids is 1. The highest BCUT2D eigenvalue weighted by Gasteiger charge is 2.22. The van der Waals surface area contributed by atoms with Crippen LogP contribution in [0.3, 0.4) is 0 Å². The Kier molecular flexibility index (Phi) is 5.88. The molecule has 3 rings (SSSR count). The fourth-order valence-electron chi connectivity index (χ4n) is 2.77. The fourth-order valence-corrected chi connectivity index (χ4v) is 3.86. The van der Waals surface area contributed by atoms with Crippen molar-refractivity contribution in [3.05, 3.63) is 59.4 Å². The van der Waals surface area contributed by atoms with Gasteiger partial charge in [0.05, 0.1) is 16.6 Å². The van der Waals surface area contributed by atoms with E-state index in [-0.39, 0.29) is 23.1 Å². The largest absolute Gasteiger partial charge is 0.377 e. The van der Waals surface area contributed by atoms with Crippen molar-refractivity contribution in [1.29, 1.82) is 0 Å². The second kappa shape index (κ2) is 8.16. The number of hydrogen-bond donors (Lipinski definition) is 2. The zero-order chi connectivity index (χ0) is 19.4. The van der Waals surface area contributed by atoms with Gasteiger partial charge in [0.15, 0.2) is 0 Å². The number of ether oxygens (including phenoxy) is 1. The maximum atomic E-state index is 14.1. The Morgan fingerprint density at radius 2 is 1.96 bits per heavy atom. The van der Waals surface area contributed by atoms with Crippen molar-refractivity contribution in [3.8, 4) is 0 Å². The number of rotatable bonds is 6. The molecular weight excluding hydrogens is 371 g/mol. The first kappa shape index (κ1) is 19.5. The van der Waals surface area contributed by atoms with E-state index in [0.717, 1.165) is 36.6 Å². The Morgan fingerprint density at radius 3 is 2.63 bits per heavy atom. The zero-order valence-corrected chi connectivity index (χ0v) is 15.7. The van der Waals surface area contributed by atoms with Gasteiger partial charge in [-0.2, -0.15) is 0 Å². The minimum Gasteiger partial charge on any atom is -0.377 e. The van der Waals surface area contributed by atoms with Crippen LogP contribution in [-0.4, -0.2) is 33.6 Å². The summed E-state index contributed by atoms with van der Waals surface area (Å²) in [4.78, 5) is 12.2. The molecule has 6 nitrogen and oxygen atoms in total. The van der Waals surface area contributed by atoms with Gasteiger partial charge < -0.3 is 10.1 Å². The van der Waals surface area contributed by atoms with Crippen LogP contribution in [0.5, 0.6) is 0 Å². The molecule has 0 radical (unpaired) electrons. The molecule has 1 amide bonds.